The van der Waals surface area contributed by atoms with Crippen LogP contribution >= 0.6 is 11.6 Å². The molecular weight excluding hydrogens is 208 g/mol. The third-order valence-electron chi connectivity index (χ3n) is 2.65. The number of aromatic nitrogens is 1. The van der Waals surface area contributed by atoms with Gasteiger partial charge in [0.25, 0.3) is 0 Å². The van der Waals surface area contributed by atoms with Gasteiger partial charge >= 0.3 is 0 Å². The third kappa shape index (κ3) is 2.33. The summed E-state index contributed by atoms with van der Waals surface area (Å²) in [6.45, 7) is 2.10. The van der Waals surface area contributed by atoms with Crippen molar-refractivity contribution in [3.8, 4) is 0 Å². The number of hydrogen-bond donors (Lipinski definition) is 2. The molecule has 1 aromatic carbocycles. The Hall–Kier alpha value is -0.990. The molecule has 0 radical (unpaired) electrons. The summed E-state index contributed by atoms with van der Waals surface area (Å²) in [6, 6.07) is 8.21. The summed E-state index contributed by atoms with van der Waals surface area (Å²) in [5.41, 5.74) is 8.22. The number of rotatable bonds is 3. The van der Waals surface area contributed by atoms with Crippen LogP contribution in [0.4, 0.5) is 0 Å². The molecular formula is C12H15ClN2. The molecule has 1 atom stereocenters. The average molecular weight is 223 g/mol. The molecule has 0 amide bonds. The molecule has 1 aromatic heterocycles. The van der Waals surface area contributed by atoms with Crippen LogP contribution in [0.2, 0.25) is 5.02 Å². The molecule has 1 heterocycles. The molecule has 0 saturated carbocycles. The lowest BCUT2D eigenvalue weighted by atomic mass is 10.1. The van der Waals surface area contributed by atoms with Gasteiger partial charge in [-0.05, 0) is 30.7 Å². The van der Waals surface area contributed by atoms with Crippen molar-refractivity contribution in [1.29, 1.82) is 0 Å². The molecule has 80 valence electrons. The second-order valence-corrected chi connectivity index (χ2v) is 4.34. The number of halogens is 1. The fraction of sp³-hybridized carbons (Fsp3) is 0.333. The number of nitrogens with two attached hydrogens (primary N) is 1. The molecule has 0 fully saturated rings. The summed E-state index contributed by atoms with van der Waals surface area (Å²) in [5, 5.41) is 1.92. The van der Waals surface area contributed by atoms with E-state index >= 15 is 0 Å². The van der Waals surface area contributed by atoms with E-state index in [1.807, 2.05) is 18.2 Å². The molecule has 3 N–H and O–H groups in total. The van der Waals surface area contributed by atoms with E-state index in [0.29, 0.717) is 0 Å². The van der Waals surface area contributed by atoms with E-state index in [-0.39, 0.29) is 6.04 Å². The van der Waals surface area contributed by atoms with Crippen LogP contribution in [0.25, 0.3) is 10.9 Å². The van der Waals surface area contributed by atoms with Crippen molar-refractivity contribution in [3.63, 3.8) is 0 Å². The predicted octanol–water partition coefficient (Wildman–Crippen LogP) is 3.10. The average Bonchev–Trinajstić information content (AvgIpc) is 2.59. The van der Waals surface area contributed by atoms with Crippen LogP contribution in [-0.2, 0) is 6.42 Å². The van der Waals surface area contributed by atoms with E-state index in [9.17, 15) is 0 Å². The van der Waals surface area contributed by atoms with Gasteiger partial charge in [-0.25, -0.2) is 0 Å². The van der Waals surface area contributed by atoms with Gasteiger partial charge in [-0.2, -0.15) is 0 Å². The predicted molar refractivity (Wildman–Crippen MR) is 65.3 cm³/mol. The summed E-state index contributed by atoms with van der Waals surface area (Å²) in [7, 11) is 0. The quantitative estimate of drug-likeness (QED) is 0.824. The second-order valence-electron chi connectivity index (χ2n) is 3.90. The maximum absolute atomic E-state index is 5.92. The smallest absolute Gasteiger partial charge is 0.0457 e. The largest absolute Gasteiger partial charge is 0.358 e. The van der Waals surface area contributed by atoms with E-state index in [1.54, 1.807) is 0 Å². The summed E-state index contributed by atoms with van der Waals surface area (Å²) in [5.74, 6) is 0. The van der Waals surface area contributed by atoms with Crippen LogP contribution in [0.1, 0.15) is 19.0 Å². The number of nitrogens with one attached hydrogen (secondary N) is 1. The van der Waals surface area contributed by atoms with Crippen LogP contribution in [0, 0.1) is 0 Å². The Bertz CT molecular complexity index is 462. The summed E-state index contributed by atoms with van der Waals surface area (Å²) in [4.78, 5) is 3.35. The minimum atomic E-state index is 0.230. The second kappa shape index (κ2) is 4.25. The van der Waals surface area contributed by atoms with Crippen LogP contribution < -0.4 is 5.73 Å². The Kier molecular flexibility index (Phi) is 2.98. The van der Waals surface area contributed by atoms with Gasteiger partial charge in [0.05, 0.1) is 0 Å². The maximum atomic E-state index is 5.92. The van der Waals surface area contributed by atoms with Gasteiger partial charge in [0, 0.05) is 34.1 Å². The summed E-state index contributed by atoms with van der Waals surface area (Å²) >= 11 is 5.92. The van der Waals surface area contributed by atoms with Crippen molar-refractivity contribution in [1.82, 2.24) is 4.98 Å². The molecule has 2 aromatic rings. The SMILES string of the molecule is CCC(N)Cc1cc2cc(Cl)ccc2[nH]1. The fourth-order valence-electron chi connectivity index (χ4n) is 1.70. The fourth-order valence-corrected chi connectivity index (χ4v) is 1.88. The van der Waals surface area contributed by atoms with E-state index in [0.717, 1.165) is 28.8 Å². The molecule has 2 rings (SSSR count). The van der Waals surface area contributed by atoms with Crippen molar-refractivity contribution in [3.05, 3.63) is 35.0 Å². The van der Waals surface area contributed by atoms with Gasteiger partial charge in [0.1, 0.15) is 0 Å². The Morgan fingerprint density at radius 1 is 1.40 bits per heavy atom. The van der Waals surface area contributed by atoms with Gasteiger partial charge in [-0.1, -0.05) is 18.5 Å². The Morgan fingerprint density at radius 3 is 2.93 bits per heavy atom. The Morgan fingerprint density at radius 2 is 2.20 bits per heavy atom. The highest BCUT2D eigenvalue weighted by atomic mass is 35.5. The molecule has 0 saturated heterocycles. The van der Waals surface area contributed by atoms with Gasteiger partial charge in [-0.3, -0.25) is 0 Å². The molecule has 3 heteroatoms. The lowest BCUT2D eigenvalue weighted by Crippen LogP contribution is -2.21. The number of hydrogen-bond acceptors (Lipinski definition) is 1. The van der Waals surface area contributed by atoms with Gasteiger partial charge < -0.3 is 10.7 Å². The van der Waals surface area contributed by atoms with E-state index in [4.69, 9.17) is 17.3 Å². The van der Waals surface area contributed by atoms with Gasteiger partial charge in [0.2, 0.25) is 0 Å². The lowest BCUT2D eigenvalue weighted by molar-refractivity contribution is 0.639. The molecule has 0 spiro atoms. The number of benzene rings is 1. The van der Waals surface area contributed by atoms with Crippen LogP contribution in [0.15, 0.2) is 24.3 Å². The highest BCUT2D eigenvalue weighted by Gasteiger charge is 2.05. The first kappa shape index (κ1) is 10.5. The zero-order valence-corrected chi connectivity index (χ0v) is 9.51. The molecule has 0 aliphatic carbocycles. The van der Waals surface area contributed by atoms with Crippen LogP contribution in [-0.4, -0.2) is 11.0 Å². The molecule has 0 bridgehead atoms. The summed E-state index contributed by atoms with van der Waals surface area (Å²) < 4.78 is 0. The first-order chi connectivity index (χ1) is 7.19. The highest BCUT2D eigenvalue weighted by molar-refractivity contribution is 6.31. The Balaban J connectivity index is 2.30. The van der Waals surface area contributed by atoms with Gasteiger partial charge in [0.15, 0.2) is 0 Å². The van der Waals surface area contributed by atoms with Gasteiger partial charge in [-0.15, -0.1) is 0 Å². The molecule has 15 heavy (non-hydrogen) atoms. The van der Waals surface area contributed by atoms with Crippen molar-refractivity contribution < 1.29 is 0 Å². The first-order valence-electron chi connectivity index (χ1n) is 5.21. The third-order valence-corrected chi connectivity index (χ3v) is 2.88. The number of fused-ring (bicyclic) bond motifs is 1. The van der Waals surface area contributed by atoms with Crippen LogP contribution in [0.5, 0.6) is 0 Å². The highest BCUT2D eigenvalue weighted by Crippen LogP contribution is 2.20. The maximum Gasteiger partial charge on any atom is 0.0457 e. The Labute approximate surface area is 94.4 Å². The number of H-pyrrole nitrogens is 1. The molecule has 0 aliphatic heterocycles. The standard InChI is InChI=1S/C12H15ClN2/c1-2-10(14)7-11-6-8-5-9(13)3-4-12(8)15-11/h3-6,10,15H,2,7,14H2,1H3. The number of aromatic amines is 1. The minimum absolute atomic E-state index is 0.230. The molecule has 1 unspecified atom stereocenters. The molecule has 0 aliphatic rings. The van der Waals surface area contributed by atoms with Crippen LogP contribution in [0.3, 0.4) is 0 Å². The van der Waals surface area contributed by atoms with Crippen molar-refractivity contribution >= 4 is 22.5 Å². The van der Waals surface area contributed by atoms with E-state index < -0.39 is 0 Å². The zero-order valence-electron chi connectivity index (χ0n) is 8.76. The topological polar surface area (TPSA) is 41.8 Å². The monoisotopic (exact) mass is 222 g/mol. The summed E-state index contributed by atoms with van der Waals surface area (Å²) in [6.07, 6.45) is 1.89. The lowest BCUT2D eigenvalue weighted by Gasteiger charge is -2.05. The zero-order chi connectivity index (χ0) is 10.8. The normalized spacial score (nSPS) is 13.3. The van der Waals surface area contributed by atoms with E-state index in [2.05, 4.69) is 18.0 Å². The van der Waals surface area contributed by atoms with Crippen molar-refractivity contribution in [2.24, 2.45) is 5.73 Å². The van der Waals surface area contributed by atoms with Crippen molar-refractivity contribution in [2.75, 3.05) is 0 Å². The minimum Gasteiger partial charge on any atom is -0.358 e. The van der Waals surface area contributed by atoms with E-state index in [1.165, 1.54) is 5.69 Å². The van der Waals surface area contributed by atoms with Crippen molar-refractivity contribution in [2.45, 2.75) is 25.8 Å². The first-order valence-corrected chi connectivity index (χ1v) is 5.59. The molecule has 2 nitrogen and oxygen atoms in total.